The van der Waals surface area contributed by atoms with E-state index >= 15 is 0 Å². The summed E-state index contributed by atoms with van der Waals surface area (Å²) in [7, 11) is 2.19. The van der Waals surface area contributed by atoms with Gasteiger partial charge in [0.1, 0.15) is 0 Å². The van der Waals surface area contributed by atoms with Crippen molar-refractivity contribution in [3.8, 4) is 0 Å². The molecule has 0 saturated carbocycles. The highest BCUT2D eigenvalue weighted by Crippen LogP contribution is 2.15. The van der Waals surface area contributed by atoms with Crippen LogP contribution in [0.15, 0.2) is 0 Å². The molecule has 0 aromatic heterocycles. The van der Waals surface area contributed by atoms with Crippen molar-refractivity contribution in [2.75, 3.05) is 33.3 Å². The molecule has 0 aliphatic carbocycles. The van der Waals surface area contributed by atoms with Crippen LogP contribution in [0.4, 0.5) is 0 Å². The third kappa shape index (κ3) is 6.17. The van der Waals surface area contributed by atoms with Crippen LogP contribution in [0, 0.1) is 5.92 Å². The molecule has 3 nitrogen and oxygen atoms in total. The zero-order chi connectivity index (χ0) is 13.4. The Morgan fingerprint density at radius 2 is 2.11 bits per heavy atom. The van der Waals surface area contributed by atoms with Crippen LogP contribution in [-0.2, 0) is 4.74 Å². The maximum Gasteiger partial charge on any atom is 0.0855 e. The topological polar surface area (TPSA) is 24.5 Å². The zero-order valence-electron chi connectivity index (χ0n) is 12.7. The van der Waals surface area contributed by atoms with Gasteiger partial charge in [0.2, 0.25) is 0 Å². The molecule has 0 aromatic carbocycles. The van der Waals surface area contributed by atoms with Crippen molar-refractivity contribution >= 4 is 0 Å². The highest BCUT2D eigenvalue weighted by molar-refractivity contribution is 4.82. The van der Waals surface area contributed by atoms with Gasteiger partial charge in [-0.05, 0) is 32.4 Å². The smallest absolute Gasteiger partial charge is 0.0855 e. The second-order valence-corrected chi connectivity index (χ2v) is 6.06. The third-order valence-corrected chi connectivity index (χ3v) is 3.70. The van der Waals surface area contributed by atoms with Crippen molar-refractivity contribution < 1.29 is 4.74 Å². The van der Waals surface area contributed by atoms with E-state index in [0.29, 0.717) is 12.1 Å². The molecule has 3 heteroatoms. The Hall–Kier alpha value is -0.120. The summed E-state index contributed by atoms with van der Waals surface area (Å²) in [6.45, 7) is 11.0. The first-order valence-corrected chi connectivity index (χ1v) is 7.67. The first kappa shape index (κ1) is 15.9. The molecule has 0 aromatic rings. The van der Waals surface area contributed by atoms with Crippen LogP contribution < -0.4 is 5.32 Å². The molecule has 2 unspecified atom stereocenters. The quantitative estimate of drug-likeness (QED) is 0.722. The van der Waals surface area contributed by atoms with Gasteiger partial charge in [-0.1, -0.05) is 33.6 Å². The molecule has 1 fully saturated rings. The predicted octanol–water partition coefficient (Wildman–Crippen LogP) is 2.51. The molecule has 2 atom stereocenters. The van der Waals surface area contributed by atoms with Gasteiger partial charge in [-0.25, -0.2) is 0 Å². The molecule has 108 valence electrons. The molecule has 1 saturated heterocycles. The second-order valence-electron chi connectivity index (χ2n) is 6.06. The highest BCUT2D eigenvalue weighted by atomic mass is 16.5. The summed E-state index contributed by atoms with van der Waals surface area (Å²) in [6, 6.07) is 0.534. The zero-order valence-corrected chi connectivity index (χ0v) is 12.7. The Labute approximate surface area is 113 Å². The van der Waals surface area contributed by atoms with E-state index < -0.39 is 0 Å². The van der Waals surface area contributed by atoms with Gasteiger partial charge in [-0.15, -0.1) is 0 Å². The largest absolute Gasteiger partial charge is 0.374 e. The SMILES string of the molecule is CCCNC(CCCC(C)C)C1CN(C)CCO1. The van der Waals surface area contributed by atoms with E-state index in [1.165, 1.54) is 25.7 Å². The normalized spacial score (nSPS) is 23.5. The molecule has 18 heavy (non-hydrogen) atoms. The van der Waals surface area contributed by atoms with Crippen molar-refractivity contribution in [3.05, 3.63) is 0 Å². The summed E-state index contributed by atoms with van der Waals surface area (Å²) in [5, 5.41) is 3.68. The molecular formula is C15H32N2O. The molecule has 0 spiro atoms. The molecule has 0 radical (unpaired) electrons. The number of likely N-dealkylation sites (N-methyl/N-ethyl adjacent to an activating group) is 1. The van der Waals surface area contributed by atoms with Gasteiger partial charge in [0.05, 0.1) is 12.7 Å². The fraction of sp³-hybridized carbons (Fsp3) is 1.00. The lowest BCUT2D eigenvalue weighted by Crippen LogP contribution is -2.51. The molecule has 1 aliphatic rings. The molecule has 1 N–H and O–H groups in total. The third-order valence-electron chi connectivity index (χ3n) is 3.70. The Kier molecular flexibility index (Phi) is 7.87. The van der Waals surface area contributed by atoms with Gasteiger partial charge in [0.15, 0.2) is 0 Å². The van der Waals surface area contributed by atoms with Gasteiger partial charge >= 0.3 is 0 Å². The summed E-state index contributed by atoms with van der Waals surface area (Å²) in [6.07, 6.45) is 5.46. The van der Waals surface area contributed by atoms with Gasteiger partial charge in [-0.3, -0.25) is 0 Å². The first-order chi connectivity index (χ1) is 8.63. The summed E-state index contributed by atoms with van der Waals surface area (Å²) in [4.78, 5) is 2.39. The van der Waals surface area contributed by atoms with Crippen molar-refractivity contribution in [3.63, 3.8) is 0 Å². The first-order valence-electron chi connectivity index (χ1n) is 7.67. The predicted molar refractivity (Wildman–Crippen MR) is 78.0 cm³/mol. The molecule has 1 heterocycles. The fourth-order valence-corrected chi connectivity index (χ4v) is 2.55. The van der Waals surface area contributed by atoms with E-state index in [2.05, 4.69) is 38.0 Å². The Morgan fingerprint density at radius 3 is 2.72 bits per heavy atom. The molecular weight excluding hydrogens is 224 g/mol. The molecule has 1 rings (SSSR count). The number of nitrogens with one attached hydrogen (secondary N) is 1. The number of hydrogen-bond acceptors (Lipinski definition) is 3. The number of ether oxygens (including phenoxy) is 1. The van der Waals surface area contributed by atoms with Gasteiger partial charge in [0, 0.05) is 19.1 Å². The van der Waals surface area contributed by atoms with Gasteiger partial charge in [-0.2, -0.15) is 0 Å². The van der Waals surface area contributed by atoms with Crippen LogP contribution in [0.25, 0.3) is 0 Å². The van der Waals surface area contributed by atoms with E-state index in [4.69, 9.17) is 4.74 Å². The van der Waals surface area contributed by atoms with Gasteiger partial charge < -0.3 is 15.0 Å². The highest BCUT2D eigenvalue weighted by Gasteiger charge is 2.25. The Balaban J connectivity index is 2.37. The van der Waals surface area contributed by atoms with Crippen LogP contribution in [-0.4, -0.2) is 50.3 Å². The summed E-state index contributed by atoms with van der Waals surface area (Å²) in [5.74, 6) is 0.812. The number of morpholine rings is 1. The van der Waals surface area contributed by atoms with Crippen LogP contribution in [0.2, 0.25) is 0 Å². The number of rotatable bonds is 8. The van der Waals surface area contributed by atoms with Crippen molar-refractivity contribution in [2.45, 2.75) is 58.6 Å². The lowest BCUT2D eigenvalue weighted by atomic mass is 9.99. The minimum Gasteiger partial charge on any atom is -0.374 e. The van der Waals surface area contributed by atoms with E-state index in [1.807, 2.05) is 0 Å². The average Bonchev–Trinajstić information content (AvgIpc) is 2.33. The Bertz CT molecular complexity index is 209. The van der Waals surface area contributed by atoms with Crippen LogP contribution >= 0.6 is 0 Å². The summed E-state index contributed by atoms with van der Waals surface area (Å²) in [5.41, 5.74) is 0. The van der Waals surface area contributed by atoms with Crippen molar-refractivity contribution in [2.24, 2.45) is 5.92 Å². The fourth-order valence-electron chi connectivity index (χ4n) is 2.55. The standard InChI is InChI=1S/C15H32N2O/c1-5-9-16-14(8-6-7-13(2)3)15-12-17(4)10-11-18-15/h13-16H,5-12H2,1-4H3. The maximum atomic E-state index is 5.96. The molecule has 0 bridgehead atoms. The minimum absolute atomic E-state index is 0.377. The van der Waals surface area contributed by atoms with Crippen LogP contribution in [0.5, 0.6) is 0 Å². The van der Waals surface area contributed by atoms with E-state index in [0.717, 1.165) is 32.2 Å². The van der Waals surface area contributed by atoms with Crippen molar-refractivity contribution in [1.29, 1.82) is 0 Å². The lowest BCUT2D eigenvalue weighted by Gasteiger charge is -2.36. The summed E-state index contributed by atoms with van der Waals surface area (Å²) < 4.78 is 5.96. The second kappa shape index (κ2) is 8.89. The lowest BCUT2D eigenvalue weighted by molar-refractivity contribution is -0.0403. The Morgan fingerprint density at radius 1 is 1.33 bits per heavy atom. The summed E-state index contributed by atoms with van der Waals surface area (Å²) >= 11 is 0. The maximum absolute atomic E-state index is 5.96. The minimum atomic E-state index is 0.377. The monoisotopic (exact) mass is 256 g/mol. The van der Waals surface area contributed by atoms with E-state index in [1.54, 1.807) is 0 Å². The molecule has 0 amide bonds. The van der Waals surface area contributed by atoms with Crippen LogP contribution in [0.3, 0.4) is 0 Å². The van der Waals surface area contributed by atoms with E-state index in [-0.39, 0.29) is 0 Å². The number of nitrogens with zero attached hydrogens (tertiary/aromatic N) is 1. The van der Waals surface area contributed by atoms with Crippen molar-refractivity contribution in [1.82, 2.24) is 10.2 Å². The number of hydrogen-bond donors (Lipinski definition) is 1. The average molecular weight is 256 g/mol. The van der Waals surface area contributed by atoms with Crippen LogP contribution in [0.1, 0.15) is 46.5 Å². The molecule has 1 aliphatic heterocycles. The van der Waals surface area contributed by atoms with Gasteiger partial charge in [0.25, 0.3) is 0 Å². The van der Waals surface area contributed by atoms with E-state index in [9.17, 15) is 0 Å².